The molecule has 0 fully saturated rings. The zero-order chi connectivity index (χ0) is 12.9. The van der Waals surface area contributed by atoms with Crippen LogP contribution in [0.25, 0.3) is 0 Å². The number of aliphatic hydroxyl groups excluding tert-OH is 1. The number of halogens is 2. The van der Waals surface area contributed by atoms with Crippen molar-refractivity contribution in [3.63, 3.8) is 0 Å². The highest BCUT2D eigenvalue weighted by Gasteiger charge is 2.22. The van der Waals surface area contributed by atoms with Crippen LogP contribution in [-0.4, -0.2) is 29.5 Å². The van der Waals surface area contributed by atoms with Gasteiger partial charge in [-0.25, -0.2) is 8.78 Å². The van der Waals surface area contributed by atoms with E-state index in [2.05, 4.69) is 5.32 Å². The highest BCUT2D eigenvalue weighted by atomic mass is 32.2. The Hall–Kier alpha value is -0.650. The molecule has 17 heavy (non-hydrogen) atoms. The Balaban J connectivity index is 2.68. The quantitative estimate of drug-likeness (QED) is 0.771. The lowest BCUT2D eigenvalue weighted by molar-refractivity contribution is 0.194. The van der Waals surface area contributed by atoms with Crippen molar-refractivity contribution in [1.82, 2.24) is 5.32 Å². The third kappa shape index (κ3) is 4.26. The van der Waals surface area contributed by atoms with Gasteiger partial charge in [-0.15, -0.1) is 11.8 Å². The third-order valence-electron chi connectivity index (χ3n) is 2.39. The van der Waals surface area contributed by atoms with Crippen molar-refractivity contribution in [2.24, 2.45) is 0 Å². The van der Waals surface area contributed by atoms with Crippen molar-refractivity contribution in [2.75, 3.05) is 18.9 Å². The van der Waals surface area contributed by atoms with Crippen LogP contribution in [-0.2, 0) is 0 Å². The highest BCUT2D eigenvalue weighted by molar-refractivity contribution is 7.99. The number of benzene rings is 1. The molecule has 0 heterocycles. The molecule has 0 spiro atoms. The number of thioether (sulfide) groups is 1. The van der Waals surface area contributed by atoms with Gasteiger partial charge in [-0.1, -0.05) is 6.92 Å². The minimum Gasteiger partial charge on any atom is -0.394 e. The number of likely N-dealkylation sites (N-methyl/N-ethyl adjacent to an activating group) is 1. The van der Waals surface area contributed by atoms with E-state index in [1.165, 1.54) is 17.8 Å². The molecule has 0 radical (unpaired) electrons. The van der Waals surface area contributed by atoms with E-state index in [1.807, 2.05) is 13.8 Å². The molecule has 1 aromatic carbocycles. The molecule has 0 aromatic heterocycles. The number of hydrogen-bond donors (Lipinski definition) is 2. The molecule has 96 valence electrons. The van der Waals surface area contributed by atoms with Gasteiger partial charge in [0.1, 0.15) is 11.6 Å². The Morgan fingerprint density at radius 2 is 2.12 bits per heavy atom. The third-order valence-corrected chi connectivity index (χ3v) is 3.80. The van der Waals surface area contributed by atoms with Crippen molar-refractivity contribution >= 4 is 11.8 Å². The normalized spacial score (nSPS) is 14.6. The van der Waals surface area contributed by atoms with E-state index in [9.17, 15) is 13.9 Å². The summed E-state index contributed by atoms with van der Waals surface area (Å²) in [5.41, 5.74) is -0.488. The maximum atomic E-state index is 13.4. The Morgan fingerprint density at radius 3 is 2.71 bits per heavy atom. The van der Waals surface area contributed by atoms with E-state index in [1.54, 1.807) is 0 Å². The van der Waals surface area contributed by atoms with Crippen LogP contribution in [0.4, 0.5) is 8.78 Å². The fourth-order valence-electron chi connectivity index (χ4n) is 1.40. The van der Waals surface area contributed by atoms with Crippen LogP contribution in [0.3, 0.4) is 0 Å². The second kappa shape index (κ2) is 6.33. The van der Waals surface area contributed by atoms with E-state index in [0.717, 1.165) is 12.1 Å². The Bertz CT molecular complexity index is 376. The lowest BCUT2D eigenvalue weighted by Crippen LogP contribution is -2.47. The topological polar surface area (TPSA) is 32.3 Å². The average Bonchev–Trinajstić information content (AvgIpc) is 2.31. The van der Waals surface area contributed by atoms with Crippen LogP contribution >= 0.6 is 11.8 Å². The Labute approximate surface area is 104 Å². The summed E-state index contributed by atoms with van der Waals surface area (Å²) in [6, 6.07) is 3.37. The first kappa shape index (κ1) is 14.4. The van der Waals surface area contributed by atoms with Crippen molar-refractivity contribution < 1.29 is 13.9 Å². The van der Waals surface area contributed by atoms with Gasteiger partial charge in [-0.05, 0) is 31.7 Å². The smallest absolute Gasteiger partial charge is 0.136 e. The molecule has 1 unspecified atom stereocenters. The summed E-state index contributed by atoms with van der Waals surface area (Å²) in [4.78, 5) is 0.266. The summed E-state index contributed by atoms with van der Waals surface area (Å²) in [7, 11) is 0. The summed E-state index contributed by atoms with van der Waals surface area (Å²) in [5, 5.41) is 12.4. The van der Waals surface area contributed by atoms with Crippen molar-refractivity contribution in [2.45, 2.75) is 24.3 Å². The minimum absolute atomic E-state index is 0.0508. The van der Waals surface area contributed by atoms with E-state index >= 15 is 0 Å². The van der Waals surface area contributed by atoms with Gasteiger partial charge >= 0.3 is 0 Å². The number of nitrogens with one attached hydrogen (secondary N) is 1. The van der Waals surface area contributed by atoms with Crippen LogP contribution < -0.4 is 5.32 Å². The molecule has 0 aliphatic heterocycles. The predicted octanol–water partition coefficient (Wildman–Crippen LogP) is 2.42. The fourth-order valence-corrected chi connectivity index (χ4v) is 2.47. The largest absolute Gasteiger partial charge is 0.394 e. The van der Waals surface area contributed by atoms with Crippen LogP contribution in [0.5, 0.6) is 0 Å². The van der Waals surface area contributed by atoms with Gasteiger partial charge in [0.05, 0.1) is 6.61 Å². The average molecular weight is 261 g/mol. The number of hydrogen-bond acceptors (Lipinski definition) is 3. The molecule has 0 saturated heterocycles. The summed E-state index contributed by atoms with van der Waals surface area (Å²) in [6.07, 6.45) is 0. The second-order valence-corrected chi connectivity index (χ2v) is 5.13. The molecule has 5 heteroatoms. The van der Waals surface area contributed by atoms with Crippen molar-refractivity contribution in [1.29, 1.82) is 0 Å². The summed E-state index contributed by atoms with van der Waals surface area (Å²) in [6.45, 7) is 4.44. The molecule has 0 amide bonds. The van der Waals surface area contributed by atoms with Crippen LogP contribution in [0.1, 0.15) is 13.8 Å². The van der Waals surface area contributed by atoms with E-state index in [4.69, 9.17) is 0 Å². The molecule has 2 nitrogen and oxygen atoms in total. The number of aliphatic hydroxyl groups is 1. The van der Waals surface area contributed by atoms with Crippen molar-refractivity contribution in [3.8, 4) is 0 Å². The molecule has 1 rings (SSSR count). The van der Waals surface area contributed by atoms with Gasteiger partial charge in [0.25, 0.3) is 0 Å². The maximum Gasteiger partial charge on any atom is 0.136 e. The minimum atomic E-state index is -0.488. The fraction of sp³-hybridized carbons (Fsp3) is 0.500. The van der Waals surface area contributed by atoms with E-state index < -0.39 is 17.2 Å². The zero-order valence-corrected chi connectivity index (χ0v) is 10.8. The summed E-state index contributed by atoms with van der Waals surface area (Å²) in [5.74, 6) is -0.422. The first-order valence-corrected chi connectivity index (χ1v) is 6.43. The van der Waals surface area contributed by atoms with Crippen molar-refractivity contribution in [3.05, 3.63) is 29.8 Å². The van der Waals surface area contributed by atoms with Crippen LogP contribution in [0.2, 0.25) is 0 Å². The lowest BCUT2D eigenvalue weighted by atomic mass is 10.1. The first-order chi connectivity index (χ1) is 8.00. The molecule has 2 N–H and O–H groups in total. The van der Waals surface area contributed by atoms with Gasteiger partial charge in [-0.3, -0.25) is 0 Å². The monoisotopic (exact) mass is 261 g/mol. The van der Waals surface area contributed by atoms with Gasteiger partial charge in [-0.2, -0.15) is 0 Å². The summed E-state index contributed by atoms with van der Waals surface area (Å²) < 4.78 is 26.3. The standard InChI is InChI=1S/C12H17F2NOS/c1-3-15-12(2,7-16)8-17-11-6-9(13)4-5-10(11)14/h4-6,15-16H,3,7-8H2,1-2H3. The van der Waals surface area contributed by atoms with Crippen LogP contribution in [0.15, 0.2) is 23.1 Å². The van der Waals surface area contributed by atoms with Gasteiger partial charge in [0.15, 0.2) is 0 Å². The highest BCUT2D eigenvalue weighted by Crippen LogP contribution is 2.25. The first-order valence-electron chi connectivity index (χ1n) is 5.44. The SMILES string of the molecule is CCNC(C)(CO)CSc1cc(F)ccc1F. The molecule has 0 saturated carbocycles. The van der Waals surface area contributed by atoms with E-state index in [0.29, 0.717) is 12.3 Å². The maximum absolute atomic E-state index is 13.4. The van der Waals surface area contributed by atoms with E-state index in [-0.39, 0.29) is 11.5 Å². The summed E-state index contributed by atoms with van der Waals surface area (Å²) >= 11 is 1.20. The van der Waals surface area contributed by atoms with Gasteiger partial charge < -0.3 is 10.4 Å². The molecule has 1 atom stereocenters. The number of rotatable bonds is 6. The van der Waals surface area contributed by atoms with Crippen LogP contribution in [0, 0.1) is 11.6 Å². The molecular weight excluding hydrogens is 244 g/mol. The molecule has 1 aromatic rings. The van der Waals surface area contributed by atoms with Gasteiger partial charge in [0.2, 0.25) is 0 Å². The Morgan fingerprint density at radius 1 is 1.41 bits per heavy atom. The molecule has 0 bridgehead atoms. The molecule has 0 aliphatic carbocycles. The second-order valence-electron chi connectivity index (χ2n) is 4.11. The predicted molar refractivity (Wildman–Crippen MR) is 66.2 cm³/mol. The molecule has 0 aliphatic rings. The lowest BCUT2D eigenvalue weighted by Gasteiger charge is -2.27. The van der Waals surface area contributed by atoms with Gasteiger partial charge in [0, 0.05) is 16.2 Å². The Kier molecular flexibility index (Phi) is 5.36. The molecular formula is C12H17F2NOS. The zero-order valence-electron chi connectivity index (χ0n) is 9.96.